The highest BCUT2D eigenvalue weighted by Crippen LogP contribution is 2.28. The van der Waals surface area contributed by atoms with Crippen molar-refractivity contribution in [3.8, 4) is 0 Å². The average Bonchev–Trinajstić information content (AvgIpc) is 3.15. The maximum Gasteiger partial charge on any atom is 0.266 e. The molecule has 1 amide bonds. The summed E-state index contributed by atoms with van der Waals surface area (Å²) < 4.78 is 32.3. The molecule has 1 aliphatic heterocycles. The Hall–Kier alpha value is -2.13. The Morgan fingerprint density at radius 1 is 1.17 bits per heavy atom. The molecule has 1 aliphatic carbocycles. The number of nitrogens with one attached hydrogen (secondary N) is 2. The van der Waals surface area contributed by atoms with Gasteiger partial charge in [0.1, 0.15) is 0 Å². The minimum absolute atomic E-state index is 0.0638. The lowest BCUT2D eigenvalue weighted by atomic mass is 9.94. The Balaban J connectivity index is 1.57. The highest BCUT2D eigenvalue weighted by Gasteiger charge is 2.38. The van der Waals surface area contributed by atoms with Gasteiger partial charge in [0, 0.05) is 32.7 Å². The second-order valence-corrected chi connectivity index (χ2v) is 9.74. The van der Waals surface area contributed by atoms with Crippen molar-refractivity contribution < 1.29 is 17.9 Å². The molecule has 2 fully saturated rings. The molecule has 1 saturated heterocycles. The molecule has 8 nitrogen and oxygen atoms in total. The van der Waals surface area contributed by atoms with Crippen LogP contribution in [0.2, 0.25) is 0 Å². The quantitative estimate of drug-likeness (QED) is 0.616. The van der Waals surface area contributed by atoms with Crippen LogP contribution in [0.25, 0.3) is 0 Å². The molecule has 2 aliphatic rings. The van der Waals surface area contributed by atoms with E-state index in [9.17, 15) is 13.2 Å². The Labute approximate surface area is 179 Å². The standard InChI is InChI=1S/C21H32N4O4S/c1-29-16-12-20(26)23-13-11-17-7-9-19(10-8-17)30(27,28)25-15-14-24(21(25)22)18-5-3-2-4-6-18/h7-10,18,22H,2-6,11-16H2,1H3,(H,23,26). The van der Waals surface area contributed by atoms with Crippen molar-refractivity contribution in [1.82, 2.24) is 14.5 Å². The zero-order valence-corrected chi connectivity index (χ0v) is 18.4. The number of methoxy groups -OCH3 is 1. The first kappa shape index (κ1) is 22.6. The molecular weight excluding hydrogens is 404 g/mol. The molecule has 0 aromatic heterocycles. The third kappa shape index (κ3) is 5.31. The van der Waals surface area contributed by atoms with Gasteiger partial charge in [-0.05, 0) is 37.0 Å². The van der Waals surface area contributed by atoms with Crippen LogP contribution in [0.3, 0.4) is 0 Å². The average molecular weight is 437 g/mol. The fraction of sp³-hybridized carbons (Fsp3) is 0.619. The van der Waals surface area contributed by atoms with Crippen LogP contribution in [-0.4, -0.2) is 68.9 Å². The molecule has 0 bridgehead atoms. The lowest BCUT2D eigenvalue weighted by Gasteiger charge is -2.32. The van der Waals surface area contributed by atoms with Gasteiger partial charge in [0.2, 0.25) is 11.9 Å². The monoisotopic (exact) mass is 436 g/mol. The van der Waals surface area contributed by atoms with Crippen LogP contribution in [0.4, 0.5) is 0 Å². The van der Waals surface area contributed by atoms with E-state index < -0.39 is 10.0 Å². The number of rotatable bonds is 9. The molecule has 0 radical (unpaired) electrons. The van der Waals surface area contributed by atoms with Gasteiger partial charge in [0.05, 0.1) is 18.0 Å². The molecule has 166 valence electrons. The van der Waals surface area contributed by atoms with Crippen molar-refractivity contribution in [2.45, 2.75) is 55.9 Å². The van der Waals surface area contributed by atoms with E-state index in [0.29, 0.717) is 39.1 Å². The number of benzene rings is 1. The van der Waals surface area contributed by atoms with Gasteiger partial charge in [0.15, 0.2) is 0 Å². The molecule has 1 heterocycles. The molecule has 0 unspecified atom stereocenters. The van der Waals surface area contributed by atoms with Gasteiger partial charge in [-0.25, -0.2) is 12.7 Å². The normalized spacial score (nSPS) is 18.1. The summed E-state index contributed by atoms with van der Waals surface area (Å²) in [6.45, 7) is 1.79. The van der Waals surface area contributed by atoms with E-state index in [1.807, 2.05) is 4.90 Å². The highest BCUT2D eigenvalue weighted by molar-refractivity contribution is 7.89. The van der Waals surface area contributed by atoms with E-state index in [2.05, 4.69) is 5.32 Å². The number of ether oxygens (including phenoxy) is 1. The number of amides is 1. The summed E-state index contributed by atoms with van der Waals surface area (Å²) in [7, 11) is -2.18. The minimum Gasteiger partial charge on any atom is -0.384 e. The van der Waals surface area contributed by atoms with Gasteiger partial charge in [-0.2, -0.15) is 0 Å². The maximum atomic E-state index is 13.1. The molecule has 1 aromatic carbocycles. The molecular formula is C21H32N4O4S. The predicted molar refractivity (Wildman–Crippen MR) is 115 cm³/mol. The largest absolute Gasteiger partial charge is 0.384 e. The maximum absolute atomic E-state index is 13.1. The number of hydrogen-bond donors (Lipinski definition) is 2. The van der Waals surface area contributed by atoms with Gasteiger partial charge in [-0.15, -0.1) is 0 Å². The van der Waals surface area contributed by atoms with Crippen LogP contribution in [0.1, 0.15) is 44.1 Å². The first-order valence-electron chi connectivity index (χ1n) is 10.7. The van der Waals surface area contributed by atoms with Gasteiger partial charge >= 0.3 is 0 Å². The number of sulfonamides is 1. The smallest absolute Gasteiger partial charge is 0.266 e. The van der Waals surface area contributed by atoms with Crippen molar-refractivity contribution in [3.05, 3.63) is 29.8 Å². The Bertz CT molecular complexity index is 835. The number of carbonyl (C=O) groups excluding carboxylic acids is 1. The molecule has 9 heteroatoms. The van der Waals surface area contributed by atoms with E-state index in [0.717, 1.165) is 31.2 Å². The lowest BCUT2D eigenvalue weighted by Crippen LogP contribution is -2.42. The molecule has 3 rings (SSSR count). The number of guanidine groups is 1. The zero-order chi connectivity index (χ0) is 21.6. The van der Waals surface area contributed by atoms with Crippen molar-refractivity contribution >= 4 is 21.9 Å². The highest BCUT2D eigenvalue weighted by atomic mass is 32.2. The minimum atomic E-state index is -3.74. The van der Waals surface area contributed by atoms with Crippen LogP contribution < -0.4 is 5.32 Å². The Kier molecular flexibility index (Phi) is 7.71. The number of hydrogen-bond acceptors (Lipinski definition) is 5. The summed E-state index contributed by atoms with van der Waals surface area (Å²) in [6.07, 6.45) is 6.54. The predicted octanol–water partition coefficient (Wildman–Crippen LogP) is 1.96. The van der Waals surface area contributed by atoms with Gasteiger partial charge in [-0.1, -0.05) is 31.4 Å². The van der Waals surface area contributed by atoms with Crippen LogP contribution in [0.5, 0.6) is 0 Å². The Morgan fingerprint density at radius 3 is 2.53 bits per heavy atom. The van der Waals surface area contributed by atoms with Crippen LogP contribution >= 0.6 is 0 Å². The Morgan fingerprint density at radius 2 is 1.87 bits per heavy atom. The van der Waals surface area contributed by atoms with Crippen molar-refractivity contribution in [1.29, 1.82) is 5.41 Å². The summed E-state index contributed by atoms with van der Waals surface area (Å²) in [4.78, 5) is 13.8. The van der Waals surface area contributed by atoms with Gasteiger partial charge in [-0.3, -0.25) is 10.2 Å². The summed E-state index contributed by atoms with van der Waals surface area (Å²) in [5, 5.41) is 11.3. The topological polar surface area (TPSA) is 103 Å². The summed E-state index contributed by atoms with van der Waals surface area (Å²) in [5.41, 5.74) is 0.946. The fourth-order valence-corrected chi connectivity index (χ4v) is 5.51. The third-order valence-electron chi connectivity index (χ3n) is 5.85. The fourth-order valence-electron chi connectivity index (χ4n) is 4.12. The van der Waals surface area contributed by atoms with Crippen molar-refractivity contribution in [2.75, 3.05) is 33.4 Å². The lowest BCUT2D eigenvalue weighted by molar-refractivity contribution is -0.121. The van der Waals surface area contributed by atoms with Crippen molar-refractivity contribution in [2.24, 2.45) is 0 Å². The molecule has 0 atom stereocenters. The second-order valence-electron chi connectivity index (χ2n) is 7.87. The summed E-state index contributed by atoms with van der Waals surface area (Å²) in [5.74, 6) is 0.0378. The first-order valence-corrected chi connectivity index (χ1v) is 12.1. The molecule has 1 aromatic rings. The van der Waals surface area contributed by atoms with Gasteiger partial charge < -0.3 is 15.0 Å². The molecule has 30 heavy (non-hydrogen) atoms. The molecule has 1 saturated carbocycles. The first-order chi connectivity index (χ1) is 14.4. The van der Waals surface area contributed by atoms with E-state index in [-0.39, 0.29) is 22.8 Å². The third-order valence-corrected chi connectivity index (χ3v) is 7.65. The SMILES string of the molecule is COCCC(=O)NCCc1ccc(S(=O)(=O)N2CCN(C3CCCCC3)C2=N)cc1. The number of nitrogens with zero attached hydrogens (tertiary/aromatic N) is 2. The van der Waals surface area contributed by atoms with E-state index >= 15 is 0 Å². The van der Waals surface area contributed by atoms with Crippen LogP contribution in [0.15, 0.2) is 29.2 Å². The van der Waals surface area contributed by atoms with Gasteiger partial charge in [0.25, 0.3) is 10.0 Å². The van der Waals surface area contributed by atoms with E-state index in [4.69, 9.17) is 10.1 Å². The second kappa shape index (κ2) is 10.3. The van der Waals surface area contributed by atoms with Crippen LogP contribution in [0, 0.1) is 5.41 Å². The molecule has 2 N–H and O–H groups in total. The molecule has 0 spiro atoms. The van der Waals surface area contributed by atoms with E-state index in [1.165, 1.54) is 10.7 Å². The van der Waals surface area contributed by atoms with Crippen LogP contribution in [-0.2, 0) is 26.0 Å². The van der Waals surface area contributed by atoms with Crippen molar-refractivity contribution in [3.63, 3.8) is 0 Å². The summed E-state index contributed by atoms with van der Waals surface area (Å²) in [6, 6.07) is 7.01. The zero-order valence-electron chi connectivity index (χ0n) is 17.6. The number of carbonyl (C=O) groups is 1. The van der Waals surface area contributed by atoms with E-state index in [1.54, 1.807) is 31.4 Å². The summed E-state index contributed by atoms with van der Waals surface area (Å²) >= 11 is 0.